The number of aromatic nitrogens is 1. The number of carbonyl (C=O) groups is 2. The quantitative estimate of drug-likeness (QED) is 0.424. The molecule has 2 aromatic carbocycles. The average Bonchev–Trinajstić information content (AvgIpc) is 3.25. The van der Waals surface area contributed by atoms with E-state index in [-0.39, 0.29) is 11.8 Å². The van der Waals surface area contributed by atoms with Crippen LogP contribution in [-0.2, 0) is 16.0 Å². The molecule has 4 rings (SSSR count). The lowest BCUT2D eigenvalue weighted by molar-refractivity contribution is -0.128. The van der Waals surface area contributed by atoms with Gasteiger partial charge < -0.3 is 20.4 Å². The van der Waals surface area contributed by atoms with Crippen molar-refractivity contribution < 1.29 is 14.3 Å². The SMILES string of the molecule is CC(=O)N[C@H](Cc1c[nH]c2ccccc12)C(=O)NCCOc1ccc(C2CCCCC2)cc1. The zero-order valence-electron chi connectivity index (χ0n) is 19.2. The summed E-state index contributed by atoms with van der Waals surface area (Å²) in [6.45, 7) is 2.16. The normalized spacial score (nSPS) is 15.2. The van der Waals surface area contributed by atoms with E-state index in [0.29, 0.717) is 25.5 Å². The molecule has 1 aliphatic carbocycles. The zero-order valence-corrected chi connectivity index (χ0v) is 19.2. The highest BCUT2D eigenvalue weighted by Gasteiger charge is 2.21. The molecule has 1 heterocycles. The molecule has 174 valence electrons. The molecule has 1 aliphatic rings. The summed E-state index contributed by atoms with van der Waals surface area (Å²) in [4.78, 5) is 27.7. The van der Waals surface area contributed by atoms with Gasteiger partial charge in [0.15, 0.2) is 0 Å². The Labute approximate surface area is 195 Å². The zero-order chi connectivity index (χ0) is 23.0. The van der Waals surface area contributed by atoms with Crippen LogP contribution in [0.1, 0.15) is 56.1 Å². The largest absolute Gasteiger partial charge is 0.492 e. The summed E-state index contributed by atoms with van der Waals surface area (Å²) in [5.41, 5.74) is 3.40. The lowest BCUT2D eigenvalue weighted by atomic mass is 9.84. The minimum Gasteiger partial charge on any atom is -0.492 e. The second-order valence-electron chi connectivity index (χ2n) is 8.86. The molecule has 3 N–H and O–H groups in total. The van der Waals surface area contributed by atoms with Gasteiger partial charge in [-0.25, -0.2) is 0 Å². The number of rotatable bonds is 9. The highest BCUT2D eigenvalue weighted by molar-refractivity contribution is 5.89. The highest BCUT2D eigenvalue weighted by Crippen LogP contribution is 2.33. The Bertz CT molecular complexity index is 1070. The van der Waals surface area contributed by atoms with Gasteiger partial charge in [0.05, 0.1) is 6.54 Å². The van der Waals surface area contributed by atoms with Crippen molar-refractivity contribution in [2.45, 2.75) is 57.4 Å². The summed E-state index contributed by atoms with van der Waals surface area (Å²) < 4.78 is 5.82. The van der Waals surface area contributed by atoms with Gasteiger partial charge in [0, 0.05) is 30.4 Å². The summed E-state index contributed by atoms with van der Waals surface area (Å²) in [6, 6.07) is 15.7. The molecule has 1 fully saturated rings. The topological polar surface area (TPSA) is 83.2 Å². The highest BCUT2D eigenvalue weighted by atomic mass is 16.5. The van der Waals surface area contributed by atoms with Gasteiger partial charge in [-0.05, 0) is 48.1 Å². The summed E-state index contributed by atoms with van der Waals surface area (Å²) in [6.07, 6.45) is 8.87. The molecule has 3 aromatic rings. The van der Waals surface area contributed by atoms with Gasteiger partial charge in [-0.2, -0.15) is 0 Å². The van der Waals surface area contributed by atoms with Gasteiger partial charge in [-0.15, -0.1) is 0 Å². The second-order valence-corrected chi connectivity index (χ2v) is 8.86. The lowest BCUT2D eigenvalue weighted by Crippen LogP contribution is -2.48. The van der Waals surface area contributed by atoms with E-state index in [2.05, 4.69) is 27.8 Å². The minimum absolute atomic E-state index is 0.216. The van der Waals surface area contributed by atoms with Crippen molar-refractivity contribution in [3.63, 3.8) is 0 Å². The summed E-state index contributed by atoms with van der Waals surface area (Å²) >= 11 is 0. The van der Waals surface area contributed by atoms with Crippen molar-refractivity contribution in [2.75, 3.05) is 13.2 Å². The van der Waals surface area contributed by atoms with Crippen molar-refractivity contribution >= 4 is 22.7 Å². The van der Waals surface area contributed by atoms with E-state index in [1.165, 1.54) is 44.6 Å². The van der Waals surface area contributed by atoms with Gasteiger partial charge in [-0.3, -0.25) is 9.59 Å². The molecule has 0 bridgehead atoms. The van der Waals surface area contributed by atoms with E-state index >= 15 is 0 Å². The lowest BCUT2D eigenvalue weighted by Gasteiger charge is -2.22. The predicted molar refractivity (Wildman–Crippen MR) is 130 cm³/mol. The summed E-state index contributed by atoms with van der Waals surface area (Å²) in [5, 5.41) is 6.72. The van der Waals surface area contributed by atoms with E-state index in [1.54, 1.807) is 0 Å². The van der Waals surface area contributed by atoms with Gasteiger partial charge in [-0.1, -0.05) is 49.6 Å². The number of fused-ring (bicyclic) bond motifs is 1. The van der Waals surface area contributed by atoms with E-state index in [4.69, 9.17) is 4.74 Å². The maximum atomic E-state index is 12.8. The van der Waals surface area contributed by atoms with Crippen molar-refractivity contribution in [1.29, 1.82) is 0 Å². The first-order chi connectivity index (χ1) is 16.1. The smallest absolute Gasteiger partial charge is 0.243 e. The number of hydrogen-bond acceptors (Lipinski definition) is 3. The Morgan fingerprint density at radius 2 is 1.82 bits per heavy atom. The second kappa shape index (κ2) is 11.0. The fourth-order valence-electron chi connectivity index (χ4n) is 4.71. The molecule has 0 saturated heterocycles. The van der Waals surface area contributed by atoms with Crippen molar-refractivity contribution in [1.82, 2.24) is 15.6 Å². The molecule has 1 aromatic heterocycles. The molecule has 0 aliphatic heterocycles. The number of carbonyl (C=O) groups excluding carboxylic acids is 2. The third-order valence-electron chi connectivity index (χ3n) is 6.42. The van der Waals surface area contributed by atoms with Crippen LogP contribution in [0.2, 0.25) is 0 Å². The molecule has 33 heavy (non-hydrogen) atoms. The van der Waals surface area contributed by atoms with E-state index < -0.39 is 6.04 Å². The van der Waals surface area contributed by atoms with Crippen LogP contribution in [0.15, 0.2) is 54.7 Å². The van der Waals surface area contributed by atoms with Gasteiger partial charge in [0.1, 0.15) is 18.4 Å². The Hall–Kier alpha value is -3.28. The predicted octanol–water partition coefficient (Wildman–Crippen LogP) is 4.46. The van der Waals surface area contributed by atoms with Crippen molar-refractivity contribution in [3.05, 3.63) is 65.9 Å². The standard InChI is InChI=1S/C27H33N3O3/c1-19(31)30-26(17-22-18-29-25-10-6-5-9-24(22)25)27(32)28-15-16-33-23-13-11-21(12-14-23)20-7-3-2-4-8-20/h5-6,9-14,18,20,26,29H,2-4,7-8,15-17H2,1H3,(H,28,32)(H,30,31)/t26-/m1/s1. The number of amides is 2. The van der Waals surface area contributed by atoms with Crippen molar-refractivity contribution in [3.8, 4) is 5.75 Å². The Morgan fingerprint density at radius 3 is 2.58 bits per heavy atom. The van der Waals surface area contributed by atoms with Crippen LogP contribution in [0.3, 0.4) is 0 Å². The molecule has 0 radical (unpaired) electrons. The number of para-hydroxylation sites is 1. The number of benzene rings is 2. The van der Waals surface area contributed by atoms with Gasteiger partial charge >= 0.3 is 0 Å². The maximum absolute atomic E-state index is 12.8. The minimum atomic E-state index is -0.642. The molecule has 6 nitrogen and oxygen atoms in total. The first-order valence-electron chi connectivity index (χ1n) is 11.9. The fourth-order valence-corrected chi connectivity index (χ4v) is 4.71. The van der Waals surface area contributed by atoms with Gasteiger partial charge in [0.2, 0.25) is 11.8 Å². The van der Waals surface area contributed by atoms with Crippen LogP contribution in [0.5, 0.6) is 5.75 Å². The molecule has 1 atom stereocenters. The number of H-pyrrole nitrogens is 1. The number of ether oxygens (including phenoxy) is 1. The average molecular weight is 448 g/mol. The van der Waals surface area contributed by atoms with Crippen LogP contribution >= 0.6 is 0 Å². The number of hydrogen-bond donors (Lipinski definition) is 3. The summed E-state index contributed by atoms with van der Waals surface area (Å²) in [5.74, 6) is 1.03. The molecule has 0 unspecified atom stereocenters. The van der Waals surface area contributed by atoms with Crippen LogP contribution in [0, 0.1) is 0 Å². The number of aromatic amines is 1. The van der Waals surface area contributed by atoms with E-state index in [9.17, 15) is 9.59 Å². The van der Waals surface area contributed by atoms with Crippen molar-refractivity contribution in [2.24, 2.45) is 0 Å². The fraction of sp³-hybridized carbons (Fsp3) is 0.407. The molecular weight excluding hydrogens is 414 g/mol. The Kier molecular flexibility index (Phi) is 7.66. The van der Waals surface area contributed by atoms with Crippen LogP contribution in [0.4, 0.5) is 0 Å². The van der Waals surface area contributed by atoms with E-state index in [1.807, 2.05) is 42.6 Å². The maximum Gasteiger partial charge on any atom is 0.243 e. The molecular formula is C27H33N3O3. The first-order valence-corrected chi connectivity index (χ1v) is 11.9. The van der Waals surface area contributed by atoms with E-state index in [0.717, 1.165) is 22.2 Å². The van der Waals surface area contributed by atoms with Crippen LogP contribution < -0.4 is 15.4 Å². The molecule has 2 amide bonds. The van der Waals surface area contributed by atoms with Crippen LogP contribution in [0.25, 0.3) is 10.9 Å². The molecule has 0 spiro atoms. The van der Waals surface area contributed by atoms with Gasteiger partial charge in [0.25, 0.3) is 0 Å². The third-order valence-corrected chi connectivity index (χ3v) is 6.42. The number of nitrogens with one attached hydrogen (secondary N) is 3. The first kappa shape index (κ1) is 22.9. The monoisotopic (exact) mass is 447 g/mol. The van der Waals surface area contributed by atoms with Crippen LogP contribution in [-0.4, -0.2) is 36.0 Å². The molecule has 1 saturated carbocycles. The Morgan fingerprint density at radius 1 is 1.06 bits per heavy atom. The third kappa shape index (κ3) is 6.15. The molecule has 6 heteroatoms. The Balaban J connectivity index is 1.27. The summed E-state index contributed by atoms with van der Waals surface area (Å²) in [7, 11) is 0.